The summed E-state index contributed by atoms with van der Waals surface area (Å²) >= 11 is 9.88. The van der Waals surface area contributed by atoms with Gasteiger partial charge in [0.1, 0.15) is 10.8 Å². The molecule has 0 atom stereocenters. The number of thiocarbonyl (C=S) groups is 1. The second kappa shape index (κ2) is 5.77. The minimum Gasteiger partial charge on any atom is -0.389 e. The van der Waals surface area contributed by atoms with E-state index in [4.69, 9.17) is 18.0 Å². The molecule has 0 unspecified atom stereocenters. The zero-order valence-corrected chi connectivity index (χ0v) is 12.5. The molecule has 2 nitrogen and oxygen atoms in total. The molecular weight excluding hydrogens is 335 g/mol. The molecule has 1 aromatic heterocycles. The molecule has 0 aliphatic rings. The lowest BCUT2D eigenvalue weighted by atomic mass is 10.1. The third-order valence-electron chi connectivity index (χ3n) is 2.34. The van der Waals surface area contributed by atoms with Crippen molar-refractivity contribution in [3.63, 3.8) is 0 Å². The number of nitrogens with one attached hydrogen (secondary N) is 1. The van der Waals surface area contributed by atoms with E-state index in [1.165, 1.54) is 6.07 Å². The Balaban J connectivity index is 2.19. The topological polar surface area (TPSA) is 38.0 Å². The van der Waals surface area contributed by atoms with Gasteiger partial charge in [-0.2, -0.15) is 0 Å². The Morgan fingerprint density at radius 3 is 2.78 bits per heavy atom. The lowest BCUT2D eigenvalue weighted by molar-refractivity contribution is 0.626. The number of benzene rings is 1. The van der Waals surface area contributed by atoms with E-state index >= 15 is 0 Å². The second-order valence-corrected chi connectivity index (χ2v) is 6.57. The van der Waals surface area contributed by atoms with Crippen molar-refractivity contribution in [2.45, 2.75) is 6.54 Å². The smallest absolute Gasteiger partial charge is 0.135 e. The van der Waals surface area contributed by atoms with Crippen LogP contribution in [0.1, 0.15) is 10.4 Å². The third kappa shape index (κ3) is 3.07. The van der Waals surface area contributed by atoms with Crippen LogP contribution in [0, 0.1) is 5.82 Å². The van der Waals surface area contributed by atoms with E-state index < -0.39 is 5.82 Å². The first-order valence-corrected chi connectivity index (χ1v) is 7.16. The van der Waals surface area contributed by atoms with Crippen molar-refractivity contribution >= 4 is 50.2 Å². The number of hydrogen-bond donors (Lipinski definition) is 2. The molecule has 0 saturated heterocycles. The molecule has 0 aliphatic heterocycles. The molecule has 1 heterocycles. The number of thiophene rings is 1. The highest BCUT2D eigenvalue weighted by molar-refractivity contribution is 9.11. The number of hydrogen-bond acceptors (Lipinski definition) is 3. The number of rotatable bonds is 4. The molecule has 0 amide bonds. The molecule has 0 fully saturated rings. The minimum atomic E-state index is -0.403. The quantitative estimate of drug-likeness (QED) is 0.826. The van der Waals surface area contributed by atoms with Gasteiger partial charge < -0.3 is 11.1 Å². The van der Waals surface area contributed by atoms with Crippen LogP contribution in [-0.2, 0) is 6.54 Å². The van der Waals surface area contributed by atoms with Gasteiger partial charge in [-0.1, -0.05) is 18.3 Å². The van der Waals surface area contributed by atoms with Crippen LogP contribution in [-0.4, -0.2) is 4.99 Å². The molecule has 0 radical (unpaired) electrons. The summed E-state index contributed by atoms with van der Waals surface area (Å²) in [5.74, 6) is -0.403. The van der Waals surface area contributed by atoms with Crippen LogP contribution < -0.4 is 11.1 Å². The maximum Gasteiger partial charge on any atom is 0.135 e. The molecule has 0 aliphatic carbocycles. The summed E-state index contributed by atoms with van der Waals surface area (Å²) in [7, 11) is 0. The SMILES string of the molecule is NC(=S)c1c(F)cccc1NCc1ccc(Br)s1. The van der Waals surface area contributed by atoms with E-state index in [2.05, 4.69) is 21.2 Å². The molecule has 0 bridgehead atoms. The lowest BCUT2D eigenvalue weighted by Gasteiger charge is -2.11. The molecular formula is C12H10BrFN2S2. The van der Waals surface area contributed by atoms with Gasteiger partial charge in [0.15, 0.2) is 0 Å². The van der Waals surface area contributed by atoms with Crippen LogP contribution >= 0.6 is 39.5 Å². The average Bonchev–Trinajstić information content (AvgIpc) is 2.72. The van der Waals surface area contributed by atoms with Crippen molar-refractivity contribution in [3.05, 3.63) is 50.4 Å². The first-order valence-electron chi connectivity index (χ1n) is 5.14. The third-order valence-corrected chi connectivity index (χ3v) is 4.17. The van der Waals surface area contributed by atoms with Gasteiger partial charge in [0.2, 0.25) is 0 Å². The molecule has 2 aromatic rings. The molecule has 3 N–H and O–H groups in total. The highest BCUT2D eigenvalue weighted by atomic mass is 79.9. The monoisotopic (exact) mass is 344 g/mol. The van der Waals surface area contributed by atoms with E-state index in [-0.39, 0.29) is 10.6 Å². The summed E-state index contributed by atoms with van der Waals surface area (Å²) in [6.07, 6.45) is 0. The van der Waals surface area contributed by atoms with Gasteiger partial charge in [-0.15, -0.1) is 11.3 Å². The fraction of sp³-hybridized carbons (Fsp3) is 0.0833. The average molecular weight is 345 g/mol. The summed E-state index contributed by atoms with van der Waals surface area (Å²) in [5.41, 5.74) is 6.42. The Bertz CT molecular complexity index is 583. The molecule has 94 valence electrons. The van der Waals surface area contributed by atoms with Crippen LogP contribution in [0.2, 0.25) is 0 Å². The normalized spacial score (nSPS) is 10.3. The maximum absolute atomic E-state index is 13.6. The Hall–Kier alpha value is -0.980. The van der Waals surface area contributed by atoms with Gasteiger partial charge in [-0.3, -0.25) is 0 Å². The summed E-state index contributed by atoms with van der Waals surface area (Å²) in [6.45, 7) is 0.606. The van der Waals surface area contributed by atoms with Crippen molar-refractivity contribution in [2.75, 3.05) is 5.32 Å². The van der Waals surface area contributed by atoms with Gasteiger partial charge in [0.05, 0.1) is 9.35 Å². The second-order valence-electron chi connectivity index (χ2n) is 3.59. The zero-order chi connectivity index (χ0) is 13.1. The van der Waals surface area contributed by atoms with E-state index in [0.29, 0.717) is 12.2 Å². The largest absolute Gasteiger partial charge is 0.389 e. The molecule has 0 spiro atoms. The van der Waals surface area contributed by atoms with Gasteiger partial charge in [-0.05, 0) is 40.2 Å². The predicted octanol–water partition coefficient (Wildman–Crippen LogP) is 3.90. The van der Waals surface area contributed by atoms with Gasteiger partial charge in [0.25, 0.3) is 0 Å². The van der Waals surface area contributed by atoms with Crippen molar-refractivity contribution in [2.24, 2.45) is 5.73 Å². The van der Waals surface area contributed by atoms with Crippen molar-refractivity contribution in [1.29, 1.82) is 0 Å². The van der Waals surface area contributed by atoms with Crippen LogP contribution in [0.3, 0.4) is 0 Å². The molecule has 1 aromatic carbocycles. The van der Waals surface area contributed by atoms with Crippen LogP contribution in [0.5, 0.6) is 0 Å². The van der Waals surface area contributed by atoms with Gasteiger partial charge >= 0.3 is 0 Å². The highest BCUT2D eigenvalue weighted by Gasteiger charge is 2.10. The van der Waals surface area contributed by atoms with Crippen LogP contribution in [0.15, 0.2) is 34.1 Å². The van der Waals surface area contributed by atoms with Crippen molar-refractivity contribution < 1.29 is 4.39 Å². The summed E-state index contributed by atoms with van der Waals surface area (Å²) in [6, 6.07) is 8.72. The summed E-state index contributed by atoms with van der Waals surface area (Å²) < 4.78 is 14.7. The Kier molecular flexibility index (Phi) is 4.31. The van der Waals surface area contributed by atoms with E-state index in [9.17, 15) is 4.39 Å². The van der Waals surface area contributed by atoms with E-state index in [0.717, 1.165) is 8.66 Å². The Labute approximate surface area is 122 Å². The zero-order valence-electron chi connectivity index (χ0n) is 9.24. The number of anilines is 1. The molecule has 18 heavy (non-hydrogen) atoms. The summed E-state index contributed by atoms with van der Waals surface area (Å²) in [4.78, 5) is 1.20. The number of nitrogens with two attached hydrogens (primary N) is 1. The molecule has 0 saturated carbocycles. The summed E-state index contributed by atoms with van der Waals surface area (Å²) in [5, 5.41) is 3.15. The minimum absolute atomic E-state index is 0.0583. The Morgan fingerprint density at radius 1 is 1.39 bits per heavy atom. The fourth-order valence-corrected chi connectivity index (χ4v) is 3.18. The standard InChI is InChI=1S/C12H10BrFN2S2/c13-10-5-4-7(18-10)6-16-9-3-1-2-8(14)11(9)12(15)17/h1-5,16H,6H2,(H2,15,17). The predicted molar refractivity (Wildman–Crippen MR) is 81.6 cm³/mol. The maximum atomic E-state index is 13.6. The Morgan fingerprint density at radius 2 is 2.17 bits per heavy atom. The first kappa shape index (κ1) is 13.5. The lowest BCUT2D eigenvalue weighted by Crippen LogP contribution is -2.15. The molecule has 6 heteroatoms. The van der Waals surface area contributed by atoms with Crippen molar-refractivity contribution in [3.8, 4) is 0 Å². The van der Waals surface area contributed by atoms with E-state index in [1.54, 1.807) is 23.5 Å². The molecule has 2 rings (SSSR count). The van der Waals surface area contributed by atoms with Gasteiger partial charge in [-0.25, -0.2) is 4.39 Å². The highest BCUT2D eigenvalue weighted by Crippen LogP contribution is 2.24. The van der Waals surface area contributed by atoms with E-state index in [1.807, 2.05) is 12.1 Å². The van der Waals surface area contributed by atoms with Crippen molar-refractivity contribution in [1.82, 2.24) is 0 Å². The first-order chi connectivity index (χ1) is 8.58. The van der Waals surface area contributed by atoms with Crippen LogP contribution in [0.4, 0.5) is 10.1 Å². The van der Waals surface area contributed by atoms with Gasteiger partial charge in [0, 0.05) is 17.1 Å². The van der Waals surface area contributed by atoms with Crippen LogP contribution in [0.25, 0.3) is 0 Å². The number of halogens is 2. The fourth-order valence-electron chi connectivity index (χ4n) is 1.55.